The Hall–Kier alpha value is -1.83. The number of thioether (sulfide) groups is 1. The van der Waals surface area contributed by atoms with Gasteiger partial charge in [-0.2, -0.15) is 0 Å². The largest absolute Gasteiger partial charge is 0.451 e. The fraction of sp³-hybridized carbons (Fsp3) is 0.455. The average molecular weight is 280 g/mol. The first kappa shape index (κ1) is 12.2. The minimum absolute atomic E-state index is 0.123. The number of nitrogens with zero attached hydrogens (tertiary/aromatic N) is 3. The highest BCUT2D eigenvalue weighted by Crippen LogP contribution is 2.35. The summed E-state index contributed by atoms with van der Waals surface area (Å²) in [6.07, 6.45) is 1.76. The van der Waals surface area contributed by atoms with E-state index in [0.717, 1.165) is 0 Å². The van der Waals surface area contributed by atoms with Crippen molar-refractivity contribution in [3.8, 4) is 0 Å². The zero-order valence-corrected chi connectivity index (χ0v) is 11.2. The van der Waals surface area contributed by atoms with Gasteiger partial charge in [0.25, 0.3) is 5.56 Å². The van der Waals surface area contributed by atoms with E-state index in [9.17, 15) is 9.59 Å². The molecule has 1 aliphatic heterocycles. The maximum absolute atomic E-state index is 11.8. The normalized spacial score (nSPS) is 22.9. The first-order valence-corrected chi connectivity index (χ1v) is 6.70. The number of ether oxygens (including phenoxy) is 1. The molecule has 3 heterocycles. The third kappa shape index (κ3) is 2.01. The van der Waals surface area contributed by atoms with Gasteiger partial charge in [-0.25, -0.2) is 9.97 Å². The summed E-state index contributed by atoms with van der Waals surface area (Å²) in [6, 6.07) is 0. The Bertz CT molecular complexity index is 708. The summed E-state index contributed by atoms with van der Waals surface area (Å²) in [6.45, 7) is 1.95. The summed E-state index contributed by atoms with van der Waals surface area (Å²) >= 11 is 1.34. The van der Waals surface area contributed by atoms with Gasteiger partial charge < -0.3 is 4.74 Å². The molecule has 1 fully saturated rings. The minimum Gasteiger partial charge on any atom is -0.451 e. The lowest BCUT2D eigenvalue weighted by Gasteiger charge is -2.12. The van der Waals surface area contributed by atoms with Crippen LogP contribution in [0.1, 0.15) is 13.3 Å². The van der Waals surface area contributed by atoms with Crippen molar-refractivity contribution >= 4 is 28.8 Å². The van der Waals surface area contributed by atoms with E-state index in [0.29, 0.717) is 22.5 Å². The van der Waals surface area contributed by atoms with Gasteiger partial charge in [0.15, 0.2) is 11.0 Å². The average Bonchev–Trinajstić information content (AvgIpc) is 2.83. The number of hydrogen-bond donors (Lipinski definition) is 1. The number of carbonyl (C=O) groups is 1. The van der Waals surface area contributed by atoms with Crippen LogP contribution in [0.2, 0.25) is 0 Å². The van der Waals surface area contributed by atoms with Crippen molar-refractivity contribution in [1.29, 1.82) is 0 Å². The van der Waals surface area contributed by atoms with E-state index in [-0.39, 0.29) is 22.9 Å². The number of aromatic amines is 1. The molecule has 0 spiro atoms. The van der Waals surface area contributed by atoms with Crippen LogP contribution in [-0.2, 0) is 16.6 Å². The highest BCUT2D eigenvalue weighted by atomic mass is 32.2. The van der Waals surface area contributed by atoms with Gasteiger partial charge in [0.2, 0.25) is 0 Å². The SMILES string of the molecule is CC1CC(=O)OC1Sc1ncnc2c(=O)n(C)[nH]c12. The smallest absolute Gasteiger partial charge is 0.307 e. The topological polar surface area (TPSA) is 89.9 Å². The van der Waals surface area contributed by atoms with E-state index < -0.39 is 0 Å². The summed E-state index contributed by atoms with van der Waals surface area (Å²) in [5.74, 6) is -0.0743. The van der Waals surface area contributed by atoms with E-state index in [1.165, 1.54) is 22.8 Å². The first-order chi connectivity index (χ1) is 9.06. The van der Waals surface area contributed by atoms with Crippen molar-refractivity contribution in [1.82, 2.24) is 19.7 Å². The first-order valence-electron chi connectivity index (χ1n) is 5.82. The molecular weight excluding hydrogens is 268 g/mol. The molecule has 2 unspecified atom stereocenters. The molecule has 0 aromatic carbocycles. The van der Waals surface area contributed by atoms with Gasteiger partial charge >= 0.3 is 5.97 Å². The number of H-pyrrole nitrogens is 1. The van der Waals surface area contributed by atoms with Crippen molar-refractivity contribution in [3.05, 3.63) is 16.7 Å². The van der Waals surface area contributed by atoms with E-state index in [1.807, 2.05) is 6.92 Å². The monoisotopic (exact) mass is 280 g/mol. The predicted molar refractivity (Wildman–Crippen MR) is 68.6 cm³/mol. The Balaban J connectivity index is 1.99. The van der Waals surface area contributed by atoms with Crippen LogP contribution in [-0.4, -0.2) is 31.2 Å². The molecule has 0 aliphatic carbocycles. The van der Waals surface area contributed by atoms with Crippen molar-refractivity contribution in [2.24, 2.45) is 13.0 Å². The van der Waals surface area contributed by atoms with Crippen LogP contribution in [0, 0.1) is 5.92 Å². The number of aryl methyl sites for hydroxylation is 1. The molecule has 100 valence electrons. The Labute approximate surface area is 112 Å². The summed E-state index contributed by atoms with van der Waals surface area (Å²) < 4.78 is 6.58. The third-order valence-corrected chi connectivity index (χ3v) is 4.35. The number of carbonyl (C=O) groups excluding carboxylic acids is 1. The highest BCUT2D eigenvalue weighted by molar-refractivity contribution is 8.00. The van der Waals surface area contributed by atoms with Crippen molar-refractivity contribution in [3.63, 3.8) is 0 Å². The van der Waals surface area contributed by atoms with Crippen LogP contribution in [0.15, 0.2) is 16.1 Å². The molecule has 2 aromatic heterocycles. The van der Waals surface area contributed by atoms with E-state index in [4.69, 9.17) is 4.74 Å². The van der Waals surface area contributed by atoms with Crippen LogP contribution >= 0.6 is 11.8 Å². The number of rotatable bonds is 2. The van der Waals surface area contributed by atoms with Gasteiger partial charge in [0, 0.05) is 13.0 Å². The molecule has 0 bridgehead atoms. The van der Waals surface area contributed by atoms with Crippen molar-refractivity contribution < 1.29 is 9.53 Å². The number of hydrogen-bond acceptors (Lipinski definition) is 6. The van der Waals surface area contributed by atoms with E-state index in [1.54, 1.807) is 7.05 Å². The molecule has 2 atom stereocenters. The number of esters is 1. The van der Waals surface area contributed by atoms with Crippen LogP contribution in [0.5, 0.6) is 0 Å². The van der Waals surface area contributed by atoms with Crippen molar-refractivity contribution in [2.45, 2.75) is 23.8 Å². The van der Waals surface area contributed by atoms with Crippen LogP contribution in [0.25, 0.3) is 11.0 Å². The highest BCUT2D eigenvalue weighted by Gasteiger charge is 2.33. The molecule has 8 heteroatoms. The second-order valence-electron chi connectivity index (χ2n) is 4.54. The fourth-order valence-electron chi connectivity index (χ4n) is 2.00. The third-order valence-electron chi connectivity index (χ3n) is 3.03. The lowest BCUT2D eigenvalue weighted by molar-refractivity contribution is -0.138. The second-order valence-corrected chi connectivity index (χ2v) is 5.62. The van der Waals surface area contributed by atoms with E-state index >= 15 is 0 Å². The predicted octanol–water partition coefficient (Wildman–Crippen LogP) is 0.658. The maximum Gasteiger partial charge on any atom is 0.307 e. The fourth-order valence-corrected chi connectivity index (χ4v) is 3.07. The van der Waals surface area contributed by atoms with Gasteiger partial charge in [-0.15, -0.1) is 0 Å². The zero-order valence-electron chi connectivity index (χ0n) is 10.4. The van der Waals surface area contributed by atoms with Crippen LogP contribution in [0.3, 0.4) is 0 Å². The van der Waals surface area contributed by atoms with Crippen LogP contribution in [0.4, 0.5) is 0 Å². The number of nitrogens with one attached hydrogen (secondary N) is 1. The number of aromatic nitrogens is 4. The molecule has 1 N–H and O–H groups in total. The number of cyclic esters (lactones) is 1. The zero-order chi connectivity index (χ0) is 13.6. The molecule has 3 rings (SSSR count). The molecular formula is C11H12N4O3S. The van der Waals surface area contributed by atoms with Crippen molar-refractivity contribution in [2.75, 3.05) is 0 Å². The lowest BCUT2D eigenvalue weighted by atomic mass is 10.2. The molecule has 1 aliphatic rings. The molecule has 0 amide bonds. The Morgan fingerprint density at radius 3 is 2.95 bits per heavy atom. The Morgan fingerprint density at radius 2 is 2.26 bits per heavy atom. The van der Waals surface area contributed by atoms with Gasteiger partial charge in [-0.05, 0) is 0 Å². The molecule has 0 radical (unpaired) electrons. The Kier molecular flexibility index (Phi) is 2.81. The Morgan fingerprint density at radius 1 is 1.47 bits per heavy atom. The molecule has 7 nitrogen and oxygen atoms in total. The summed E-state index contributed by atoms with van der Waals surface area (Å²) in [5, 5.41) is 3.53. The van der Waals surface area contributed by atoms with Gasteiger partial charge in [0.1, 0.15) is 16.9 Å². The van der Waals surface area contributed by atoms with Gasteiger partial charge in [-0.3, -0.25) is 19.4 Å². The number of fused-ring (bicyclic) bond motifs is 1. The summed E-state index contributed by atoms with van der Waals surface area (Å²) in [4.78, 5) is 31.2. The molecule has 0 saturated carbocycles. The lowest BCUT2D eigenvalue weighted by Crippen LogP contribution is -2.11. The maximum atomic E-state index is 11.8. The molecule has 1 saturated heterocycles. The second kappa shape index (κ2) is 4.37. The summed E-state index contributed by atoms with van der Waals surface area (Å²) in [7, 11) is 1.62. The van der Waals surface area contributed by atoms with Crippen LogP contribution < -0.4 is 5.56 Å². The quantitative estimate of drug-likeness (QED) is 0.642. The van der Waals surface area contributed by atoms with Gasteiger partial charge in [-0.1, -0.05) is 18.7 Å². The minimum atomic E-state index is -0.269. The van der Waals surface area contributed by atoms with Gasteiger partial charge in [0.05, 0.1) is 6.42 Å². The molecule has 19 heavy (non-hydrogen) atoms. The standard InChI is InChI=1S/C11H12N4O3S/c1-5-3-6(16)18-11(5)19-9-7-8(12-4-13-9)10(17)15(2)14-7/h4-5,11,14H,3H2,1-2H3. The van der Waals surface area contributed by atoms with E-state index in [2.05, 4.69) is 15.1 Å². The molecule has 2 aromatic rings. The summed E-state index contributed by atoms with van der Waals surface area (Å²) in [5.41, 5.74) is 0.456.